The normalized spacial score (nSPS) is 13.4. The SMILES string of the molecule is N#Cc1cc(N2CCOc3ccccc3C2)cc(N)c1[N+](=O)[O-]. The molecule has 23 heavy (non-hydrogen) atoms. The van der Waals surface area contributed by atoms with E-state index in [9.17, 15) is 15.4 Å². The number of anilines is 2. The maximum Gasteiger partial charge on any atom is 0.309 e. The zero-order valence-electron chi connectivity index (χ0n) is 12.2. The predicted octanol–water partition coefficient (Wildman–Crippen LogP) is 2.45. The fourth-order valence-electron chi connectivity index (χ4n) is 2.66. The summed E-state index contributed by atoms with van der Waals surface area (Å²) in [5.41, 5.74) is 7.08. The van der Waals surface area contributed by atoms with Crippen molar-refractivity contribution in [3.8, 4) is 11.8 Å². The van der Waals surface area contributed by atoms with Crippen LogP contribution >= 0.6 is 0 Å². The number of ether oxygens (including phenoxy) is 1. The molecule has 1 heterocycles. The topological polar surface area (TPSA) is 105 Å². The van der Waals surface area contributed by atoms with Gasteiger partial charge in [0.05, 0.1) is 11.5 Å². The van der Waals surface area contributed by atoms with E-state index in [-0.39, 0.29) is 16.9 Å². The highest BCUT2D eigenvalue weighted by atomic mass is 16.6. The minimum atomic E-state index is -0.626. The summed E-state index contributed by atoms with van der Waals surface area (Å²) in [6.45, 7) is 1.66. The molecule has 0 saturated heterocycles. The second-order valence-corrected chi connectivity index (χ2v) is 5.18. The van der Waals surface area contributed by atoms with Crippen LogP contribution in [0.4, 0.5) is 17.1 Å². The number of hydrogen-bond acceptors (Lipinski definition) is 6. The molecule has 0 spiro atoms. The highest BCUT2D eigenvalue weighted by Gasteiger charge is 2.23. The van der Waals surface area contributed by atoms with Gasteiger partial charge in [0, 0.05) is 17.8 Å². The molecule has 0 aliphatic carbocycles. The van der Waals surface area contributed by atoms with Gasteiger partial charge in [-0.05, 0) is 18.2 Å². The number of nitro groups is 1. The summed E-state index contributed by atoms with van der Waals surface area (Å²) in [6.07, 6.45) is 0. The third-order valence-electron chi connectivity index (χ3n) is 3.74. The van der Waals surface area contributed by atoms with Crippen molar-refractivity contribution in [2.45, 2.75) is 6.54 Å². The van der Waals surface area contributed by atoms with Gasteiger partial charge in [0.25, 0.3) is 0 Å². The Morgan fingerprint density at radius 3 is 2.87 bits per heavy atom. The summed E-state index contributed by atoms with van der Waals surface area (Å²) in [6, 6.07) is 12.6. The summed E-state index contributed by atoms with van der Waals surface area (Å²) in [5.74, 6) is 0.824. The van der Waals surface area contributed by atoms with E-state index in [0.717, 1.165) is 11.3 Å². The van der Waals surface area contributed by atoms with Crippen LogP contribution in [0.3, 0.4) is 0 Å². The van der Waals surface area contributed by atoms with Crippen LogP contribution in [0.15, 0.2) is 36.4 Å². The molecule has 0 aromatic heterocycles. The monoisotopic (exact) mass is 310 g/mol. The minimum Gasteiger partial charge on any atom is -0.491 e. The molecule has 0 amide bonds. The lowest BCUT2D eigenvalue weighted by Gasteiger charge is -2.22. The third-order valence-corrected chi connectivity index (χ3v) is 3.74. The van der Waals surface area contributed by atoms with Gasteiger partial charge in [0.2, 0.25) is 0 Å². The molecule has 0 bridgehead atoms. The molecule has 0 atom stereocenters. The van der Waals surface area contributed by atoms with Crippen molar-refractivity contribution in [3.05, 3.63) is 57.6 Å². The largest absolute Gasteiger partial charge is 0.491 e. The summed E-state index contributed by atoms with van der Waals surface area (Å²) in [5, 5.41) is 20.2. The fourth-order valence-corrected chi connectivity index (χ4v) is 2.66. The lowest BCUT2D eigenvalue weighted by Crippen LogP contribution is -2.25. The first-order chi connectivity index (χ1) is 11.1. The first-order valence-electron chi connectivity index (χ1n) is 7.04. The number of nitrogens with zero attached hydrogens (tertiary/aromatic N) is 3. The van der Waals surface area contributed by atoms with Gasteiger partial charge in [-0.2, -0.15) is 5.26 Å². The maximum absolute atomic E-state index is 11.0. The Hall–Kier alpha value is -3.27. The summed E-state index contributed by atoms with van der Waals surface area (Å²) in [4.78, 5) is 12.4. The van der Waals surface area contributed by atoms with Gasteiger partial charge in [-0.25, -0.2) is 0 Å². The maximum atomic E-state index is 11.0. The molecule has 3 rings (SSSR count). The molecule has 1 aliphatic heterocycles. The number of nitrogen functional groups attached to an aromatic ring is 1. The second kappa shape index (κ2) is 5.85. The van der Waals surface area contributed by atoms with E-state index in [1.165, 1.54) is 12.1 Å². The lowest BCUT2D eigenvalue weighted by molar-refractivity contribution is -0.384. The standard InChI is InChI=1S/C16H14N4O3/c17-9-12-7-13(8-14(18)16(12)20(21)22)19-5-6-23-15-4-2-1-3-11(15)10-19/h1-4,7-8H,5-6,10,18H2. The summed E-state index contributed by atoms with van der Waals surface area (Å²) >= 11 is 0. The van der Waals surface area contributed by atoms with Gasteiger partial charge in [-0.15, -0.1) is 0 Å². The van der Waals surface area contributed by atoms with E-state index in [4.69, 9.17) is 10.5 Å². The van der Waals surface area contributed by atoms with Crippen molar-refractivity contribution >= 4 is 17.1 Å². The number of nitro benzene ring substituents is 1. The van der Waals surface area contributed by atoms with Gasteiger partial charge in [-0.3, -0.25) is 10.1 Å². The average molecular weight is 310 g/mol. The Morgan fingerprint density at radius 2 is 2.13 bits per heavy atom. The Morgan fingerprint density at radius 1 is 1.35 bits per heavy atom. The molecule has 7 heteroatoms. The number of para-hydroxylation sites is 1. The lowest BCUT2D eigenvalue weighted by atomic mass is 10.1. The zero-order valence-corrected chi connectivity index (χ0v) is 12.2. The number of hydrogen-bond donors (Lipinski definition) is 1. The Labute approximate surface area is 132 Å². The molecule has 0 unspecified atom stereocenters. The van der Waals surface area contributed by atoms with Crippen molar-refractivity contribution < 1.29 is 9.66 Å². The molecule has 2 aromatic carbocycles. The molecule has 0 radical (unpaired) electrons. The van der Waals surface area contributed by atoms with E-state index in [1.54, 1.807) is 0 Å². The van der Waals surface area contributed by atoms with E-state index >= 15 is 0 Å². The van der Waals surface area contributed by atoms with Crippen LogP contribution in [0.2, 0.25) is 0 Å². The van der Waals surface area contributed by atoms with Crippen molar-refractivity contribution in [2.24, 2.45) is 0 Å². The smallest absolute Gasteiger partial charge is 0.309 e. The van der Waals surface area contributed by atoms with E-state index in [0.29, 0.717) is 25.4 Å². The molecular weight excluding hydrogens is 296 g/mol. The first-order valence-corrected chi connectivity index (χ1v) is 7.04. The third kappa shape index (κ3) is 2.74. The van der Waals surface area contributed by atoms with Crippen molar-refractivity contribution in [2.75, 3.05) is 23.8 Å². The van der Waals surface area contributed by atoms with E-state index < -0.39 is 4.92 Å². The van der Waals surface area contributed by atoms with Gasteiger partial charge >= 0.3 is 5.69 Å². The molecule has 116 valence electrons. The number of rotatable bonds is 2. The van der Waals surface area contributed by atoms with Crippen LogP contribution in [0.5, 0.6) is 5.75 Å². The summed E-state index contributed by atoms with van der Waals surface area (Å²) < 4.78 is 5.70. The molecule has 0 fully saturated rings. The van der Waals surface area contributed by atoms with Gasteiger partial charge in [0.15, 0.2) is 0 Å². The molecule has 0 saturated carbocycles. The van der Waals surface area contributed by atoms with Crippen LogP contribution in [-0.4, -0.2) is 18.1 Å². The first kappa shape index (κ1) is 14.7. The highest BCUT2D eigenvalue weighted by molar-refractivity contribution is 5.73. The zero-order chi connectivity index (χ0) is 16.4. The minimum absolute atomic E-state index is 0.0116. The van der Waals surface area contributed by atoms with Crippen molar-refractivity contribution in [3.63, 3.8) is 0 Å². The van der Waals surface area contributed by atoms with Gasteiger partial charge in [-0.1, -0.05) is 18.2 Å². The van der Waals surface area contributed by atoms with Crippen LogP contribution in [0, 0.1) is 21.4 Å². The highest BCUT2D eigenvalue weighted by Crippen LogP contribution is 2.33. The van der Waals surface area contributed by atoms with Crippen LogP contribution in [0.25, 0.3) is 0 Å². The second-order valence-electron chi connectivity index (χ2n) is 5.18. The molecule has 7 nitrogen and oxygen atoms in total. The van der Waals surface area contributed by atoms with Crippen molar-refractivity contribution in [1.82, 2.24) is 0 Å². The molecule has 2 aromatic rings. The summed E-state index contributed by atoms with van der Waals surface area (Å²) in [7, 11) is 0. The van der Waals surface area contributed by atoms with E-state index in [1.807, 2.05) is 35.2 Å². The van der Waals surface area contributed by atoms with Crippen LogP contribution in [-0.2, 0) is 6.54 Å². The number of benzene rings is 2. The average Bonchev–Trinajstić information content (AvgIpc) is 2.75. The number of fused-ring (bicyclic) bond motifs is 1. The van der Waals surface area contributed by atoms with E-state index in [2.05, 4.69) is 0 Å². The molecule has 2 N–H and O–H groups in total. The quantitative estimate of drug-likeness (QED) is 0.519. The molecule has 1 aliphatic rings. The number of nitriles is 1. The molecular formula is C16H14N4O3. The van der Waals surface area contributed by atoms with Gasteiger partial charge < -0.3 is 15.4 Å². The fraction of sp³-hybridized carbons (Fsp3) is 0.188. The van der Waals surface area contributed by atoms with Crippen LogP contribution in [0.1, 0.15) is 11.1 Å². The Kier molecular flexibility index (Phi) is 3.73. The van der Waals surface area contributed by atoms with Crippen LogP contribution < -0.4 is 15.4 Å². The predicted molar refractivity (Wildman–Crippen MR) is 85.2 cm³/mol. The Bertz CT molecular complexity index is 813. The Balaban J connectivity index is 2.01. The van der Waals surface area contributed by atoms with Gasteiger partial charge in [0.1, 0.15) is 29.7 Å². The number of nitrogens with two attached hydrogens (primary N) is 1. The van der Waals surface area contributed by atoms with Crippen molar-refractivity contribution in [1.29, 1.82) is 5.26 Å².